The SMILES string of the molecule is CNc1ccccc1C(=O)Nc1cc(Br)ccc1Cl. The lowest BCUT2D eigenvalue weighted by Crippen LogP contribution is -2.14. The second-order valence-corrected chi connectivity index (χ2v) is 5.20. The van der Waals surface area contributed by atoms with E-state index >= 15 is 0 Å². The number of amides is 1. The van der Waals surface area contributed by atoms with Gasteiger partial charge in [0.1, 0.15) is 0 Å². The molecule has 0 spiro atoms. The van der Waals surface area contributed by atoms with Crippen molar-refractivity contribution in [2.45, 2.75) is 0 Å². The van der Waals surface area contributed by atoms with Crippen molar-refractivity contribution in [3.63, 3.8) is 0 Å². The summed E-state index contributed by atoms with van der Waals surface area (Å²) in [6.45, 7) is 0. The van der Waals surface area contributed by atoms with Crippen LogP contribution in [0.1, 0.15) is 10.4 Å². The van der Waals surface area contributed by atoms with Gasteiger partial charge in [-0.25, -0.2) is 0 Å². The summed E-state index contributed by atoms with van der Waals surface area (Å²) in [6.07, 6.45) is 0. The van der Waals surface area contributed by atoms with E-state index in [-0.39, 0.29) is 5.91 Å². The first-order valence-electron chi connectivity index (χ1n) is 5.65. The van der Waals surface area contributed by atoms with Crippen molar-refractivity contribution in [2.75, 3.05) is 17.7 Å². The van der Waals surface area contributed by atoms with Gasteiger partial charge in [-0.1, -0.05) is 39.7 Å². The van der Waals surface area contributed by atoms with Crippen molar-refractivity contribution >= 4 is 44.8 Å². The molecule has 2 aromatic carbocycles. The summed E-state index contributed by atoms with van der Waals surface area (Å²) in [5.74, 6) is -0.204. The Balaban J connectivity index is 2.28. The van der Waals surface area contributed by atoms with Gasteiger partial charge in [-0.2, -0.15) is 0 Å². The van der Waals surface area contributed by atoms with Crippen LogP contribution < -0.4 is 10.6 Å². The fourth-order valence-electron chi connectivity index (χ4n) is 1.68. The lowest BCUT2D eigenvalue weighted by molar-refractivity contribution is 0.102. The van der Waals surface area contributed by atoms with Crippen molar-refractivity contribution in [1.29, 1.82) is 0 Å². The molecule has 98 valence electrons. The minimum atomic E-state index is -0.204. The van der Waals surface area contributed by atoms with Gasteiger partial charge in [0.15, 0.2) is 0 Å². The third-order valence-corrected chi connectivity index (χ3v) is 3.44. The Morgan fingerprint density at radius 2 is 1.89 bits per heavy atom. The predicted octanol–water partition coefficient (Wildman–Crippen LogP) is 4.40. The number of anilines is 2. The summed E-state index contributed by atoms with van der Waals surface area (Å²) in [7, 11) is 1.78. The number of halogens is 2. The second-order valence-electron chi connectivity index (χ2n) is 3.87. The summed E-state index contributed by atoms with van der Waals surface area (Å²) in [4.78, 5) is 12.2. The molecule has 0 heterocycles. The molecular formula is C14H12BrClN2O. The molecule has 5 heteroatoms. The average molecular weight is 340 g/mol. The highest BCUT2D eigenvalue weighted by atomic mass is 79.9. The van der Waals surface area contributed by atoms with Crippen molar-refractivity contribution in [1.82, 2.24) is 0 Å². The molecule has 0 aliphatic rings. The normalized spacial score (nSPS) is 10.1. The first-order chi connectivity index (χ1) is 9.11. The third-order valence-electron chi connectivity index (χ3n) is 2.62. The number of nitrogens with one attached hydrogen (secondary N) is 2. The van der Waals surface area contributed by atoms with Crippen LogP contribution in [0.3, 0.4) is 0 Å². The standard InChI is InChI=1S/C14H12BrClN2O/c1-17-12-5-3-2-4-10(12)14(19)18-13-8-9(15)6-7-11(13)16/h2-8,17H,1H3,(H,18,19). The van der Waals surface area contributed by atoms with E-state index in [1.807, 2.05) is 24.3 Å². The van der Waals surface area contributed by atoms with E-state index < -0.39 is 0 Å². The Kier molecular flexibility index (Phi) is 4.45. The predicted molar refractivity (Wildman–Crippen MR) is 83.1 cm³/mol. The maximum Gasteiger partial charge on any atom is 0.257 e. The van der Waals surface area contributed by atoms with Crippen LogP contribution in [0.4, 0.5) is 11.4 Å². The summed E-state index contributed by atoms with van der Waals surface area (Å²) in [6, 6.07) is 12.6. The van der Waals surface area contributed by atoms with Crippen LogP contribution in [0.2, 0.25) is 5.02 Å². The van der Waals surface area contributed by atoms with E-state index in [1.54, 1.807) is 25.2 Å². The zero-order chi connectivity index (χ0) is 13.8. The van der Waals surface area contributed by atoms with Crippen LogP contribution in [0.15, 0.2) is 46.9 Å². The van der Waals surface area contributed by atoms with Gasteiger partial charge < -0.3 is 10.6 Å². The van der Waals surface area contributed by atoms with Crippen molar-refractivity contribution in [3.05, 3.63) is 57.5 Å². The van der Waals surface area contributed by atoms with Crippen LogP contribution in [-0.2, 0) is 0 Å². The van der Waals surface area contributed by atoms with Gasteiger partial charge in [0.25, 0.3) is 5.91 Å². The van der Waals surface area contributed by atoms with Crippen molar-refractivity contribution < 1.29 is 4.79 Å². The highest BCUT2D eigenvalue weighted by Crippen LogP contribution is 2.26. The van der Waals surface area contributed by atoms with Crippen molar-refractivity contribution in [3.8, 4) is 0 Å². The van der Waals surface area contributed by atoms with Gasteiger partial charge in [0, 0.05) is 17.2 Å². The highest BCUT2D eigenvalue weighted by Gasteiger charge is 2.12. The van der Waals surface area contributed by atoms with Crippen LogP contribution in [-0.4, -0.2) is 13.0 Å². The first kappa shape index (κ1) is 13.9. The molecule has 0 radical (unpaired) electrons. The number of rotatable bonds is 3. The molecule has 0 fully saturated rings. The molecule has 0 saturated heterocycles. The maximum atomic E-state index is 12.2. The van der Waals surface area contributed by atoms with E-state index in [2.05, 4.69) is 26.6 Å². The monoisotopic (exact) mass is 338 g/mol. The zero-order valence-electron chi connectivity index (χ0n) is 10.2. The van der Waals surface area contributed by atoms with Crippen LogP contribution in [0.5, 0.6) is 0 Å². The van der Waals surface area contributed by atoms with Gasteiger partial charge >= 0.3 is 0 Å². The van der Waals surface area contributed by atoms with Crippen LogP contribution in [0, 0.1) is 0 Å². The molecule has 3 nitrogen and oxygen atoms in total. The Bertz CT molecular complexity index is 616. The number of carbonyl (C=O) groups is 1. The number of benzene rings is 2. The molecule has 1 amide bonds. The minimum Gasteiger partial charge on any atom is -0.387 e. The molecule has 19 heavy (non-hydrogen) atoms. The molecule has 0 saturated carbocycles. The Morgan fingerprint density at radius 1 is 1.16 bits per heavy atom. The molecule has 2 rings (SSSR count). The van der Waals surface area contributed by atoms with E-state index in [4.69, 9.17) is 11.6 Å². The fraction of sp³-hybridized carbons (Fsp3) is 0.0714. The molecule has 0 aromatic heterocycles. The highest BCUT2D eigenvalue weighted by molar-refractivity contribution is 9.10. The van der Waals surface area contributed by atoms with E-state index in [0.717, 1.165) is 10.2 Å². The Labute approximate surface area is 125 Å². The molecule has 0 bridgehead atoms. The fourth-order valence-corrected chi connectivity index (χ4v) is 2.21. The van der Waals surface area contributed by atoms with E-state index in [1.165, 1.54) is 0 Å². The van der Waals surface area contributed by atoms with Gasteiger partial charge in [-0.05, 0) is 30.3 Å². The van der Waals surface area contributed by atoms with Gasteiger partial charge in [-0.3, -0.25) is 4.79 Å². The number of carbonyl (C=O) groups excluding carboxylic acids is 1. The molecule has 0 atom stereocenters. The van der Waals surface area contributed by atoms with E-state index in [0.29, 0.717) is 16.3 Å². The van der Waals surface area contributed by atoms with Gasteiger partial charge in [0.05, 0.1) is 16.3 Å². The number of hydrogen-bond acceptors (Lipinski definition) is 2. The smallest absolute Gasteiger partial charge is 0.257 e. The first-order valence-corrected chi connectivity index (χ1v) is 6.82. The Hall–Kier alpha value is -1.52. The van der Waals surface area contributed by atoms with E-state index in [9.17, 15) is 4.79 Å². The molecular weight excluding hydrogens is 328 g/mol. The lowest BCUT2D eigenvalue weighted by atomic mass is 10.1. The van der Waals surface area contributed by atoms with Gasteiger partial charge in [0.2, 0.25) is 0 Å². The average Bonchev–Trinajstić information content (AvgIpc) is 2.42. The van der Waals surface area contributed by atoms with Crippen LogP contribution >= 0.6 is 27.5 Å². The zero-order valence-corrected chi connectivity index (χ0v) is 12.5. The summed E-state index contributed by atoms with van der Waals surface area (Å²) in [5.41, 5.74) is 1.92. The molecule has 2 N–H and O–H groups in total. The maximum absolute atomic E-state index is 12.2. The molecule has 0 unspecified atom stereocenters. The quantitative estimate of drug-likeness (QED) is 0.870. The second kappa shape index (κ2) is 6.08. The molecule has 2 aromatic rings. The van der Waals surface area contributed by atoms with Gasteiger partial charge in [-0.15, -0.1) is 0 Å². The lowest BCUT2D eigenvalue weighted by Gasteiger charge is -2.11. The summed E-state index contributed by atoms with van der Waals surface area (Å²) in [5, 5.41) is 6.28. The van der Waals surface area contributed by atoms with Crippen LogP contribution in [0.25, 0.3) is 0 Å². The largest absolute Gasteiger partial charge is 0.387 e. The minimum absolute atomic E-state index is 0.204. The summed E-state index contributed by atoms with van der Waals surface area (Å²) < 4.78 is 0.856. The number of para-hydroxylation sites is 1. The number of hydrogen-bond donors (Lipinski definition) is 2. The molecule has 0 aliphatic carbocycles. The third kappa shape index (κ3) is 3.28. The Morgan fingerprint density at radius 3 is 2.63 bits per heavy atom. The van der Waals surface area contributed by atoms with Crippen molar-refractivity contribution in [2.24, 2.45) is 0 Å². The molecule has 0 aliphatic heterocycles. The topological polar surface area (TPSA) is 41.1 Å². The summed E-state index contributed by atoms with van der Waals surface area (Å²) >= 11 is 9.40.